The second-order valence-corrected chi connectivity index (χ2v) is 9.83. The van der Waals surface area contributed by atoms with E-state index in [0.717, 1.165) is 36.9 Å². The van der Waals surface area contributed by atoms with Gasteiger partial charge in [0.15, 0.2) is 5.57 Å². The Bertz CT molecular complexity index is 1300. The van der Waals surface area contributed by atoms with E-state index in [1.165, 1.54) is 23.6 Å². The van der Waals surface area contributed by atoms with Crippen molar-refractivity contribution in [3.8, 4) is 11.8 Å². The Morgan fingerprint density at radius 3 is 2.70 bits per heavy atom. The molecule has 1 saturated heterocycles. The van der Waals surface area contributed by atoms with E-state index in [2.05, 4.69) is 17.1 Å². The average Bonchev–Trinajstić information content (AvgIpc) is 3.17. The normalized spacial score (nSPS) is 16.3. The predicted molar refractivity (Wildman–Crippen MR) is 136 cm³/mol. The van der Waals surface area contributed by atoms with E-state index < -0.39 is 29.8 Å². The van der Waals surface area contributed by atoms with Crippen molar-refractivity contribution < 1.29 is 22.7 Å². The fraction of sp³-hybridized carbons (Fsp3) is 0.480. The Labute approximate surface area is 216 Å². The van der Waals surface area contributed by atoms with E-state index >= 15 is 0 Å². The molecule has 1 aromatic carbocycles. The molecule has 3 rings (SSSR count). The SMILES string of the molecule is CCn1c(=C(C#N)C(=O)NCC(F)(F)F)sc(=CNc2cccc(OCCN3CCC(C)CC3)c2)c1=O. The lowest BCUT2D eigenvalue weighted by Gasteiger charge is -2.29. The van der Waals surface area contributed by atoms with Gasteiger partial charge in [-0.25, -0.2) is 0 Å². The lowest BCUT2D eigenvalue weighted by Crippen LogP contribution is -2.37. The number of aromatic nitrogens is 1. The van der Waals surface area contributed by atoms with Crippen molar-refractivity contribution >= 4 is 34.7 Å². The minimum Gasteiger partial charge on any atom is -0.492 e. The van der Waals surface area contributed by atoms with Crippen molar-refractivity contribution in [3.05, 3.63) is 43.8 Å². The first kappa shape index (κ1) is 28.3. The van der Waals surface area contributed by atoms with Crippen molar-refractivity contribution in [1.29, 1.82) is 5.26 Å². The van der Waals surface area contributed by atoms with Crippen LogP contribution in [-0.4, -0.2) is 54.3 Å². The fourth-order valence-corrected chi connectivity index (χ4v) is 4.95. The van der Waals surface area contributed by atoms with Gasteiger partial charge in [-0.05, 0) is 50.9 Å². The van der Waals surface area contributed by atoms with Gasteiger partial charge in [0.05, 0.1) is 0 Å². The third-order valence-electron chi connectivity index (χ3n) is 5.98. The number of rotatable bonds is 9. The molecule has 0 aliphatic carbocycles. The van der Waals surface area contributed by atoms with Gasteiger partial charge in [0.25, 0.3) is 11.5 Å². The lowest BCUT2D eigenvalue weighted by atomic mass is 9.99. The Morgan fingerprint density at radius 2 is 2.05 bits per heavy atom. The van der Waals surface area contributed by atoms with Crippen molar-refractivity contribution in [1.82, 2.24) is 14.8 Å². The maximum absolute atomic E-state index is 12.8. The number of carbonyl (C=O) groups excluding carboxylic acids is 1. The highest BCUT2D eigenvalue weighted by Gasteiger charge is 2.29. The maximum atomic E-state index is 12.8. The van der Waals surface area contributed by atoms with Crippen LogP contribution in [0.5, 0.6) is 5.75 Å². The zero-order valence-corrected chi connectivity index (χ0v) is 21.5. The fourth-order valence-electron chi connectivity index (χ4n) is 3.86. The molecule has 1 aliphatic rings. The highest BCUT2D eigenvalue weighted by molar-refractivity contribution is 7.07. The molecule has 2 N–H and O–H groups in total. The number of amides is 1. The molecule has 0 spiro atoms. The summed E-state index contributed by atoms with van der Waals surface area (Å²) in [5.41, 5.74) is -0.352. The number of alkyl halides is 3. The van der Waals surface area contributed by atoms with Gasteiger partial charge in [-0.3, -0.25) is 19.1 Å². The van der Waals surface area contributed by atoms with Gasteiger partial charge in [0, 0.05) is 31.0 Å². The Morgan fingerprint density at radius 1 is 1.32 bits per heavy atom. The van der Waals surface area contributed by atoms with Crippen LogP contribution in [0.4, 0.5) is 18.9 Å². The molecule has 2 aromatic rings. The van der Waals surface area contributed by atoms with Crippen LogP contribution >= 0.6 is 11.3 Å². The maximum Gasteiger partial charge on any atom is 0.405 e. The molecular weight excluding hydrogens is 507 g/mol. The second-order valence-electron chi connectivity index (χ2n) is 8.79. The summed E-state index contributed by atoms with van der Waals surface area (Å²) in [6.45, 7) is 6.03. The molecule has 8 nitrogen and oxygen atoms in total. The van der Waals surface area contributed by atoms with E-state index in [1.807, 2.05) is 12.1 Å². The predicted octanol–water partition coefficient (Wildman–Crippen LogP) is 2.24. The van der Waals surface area contributed by atoms with Crippen molar-refractivity contribution in [2.24, 2.45) is 5.92 Å². The molecule has 0 saturated carbocycles. The molecule has 0 bridgehead atoms. The van der Waals surface area contributed by atoms with Crippen LogP contribution in [0.2, 0.25) is 0 Å². The first-order valence-electron chi connectivity index (χ1n) is 12.0. The van der Waals surface area contributed by atoms with Crippen molar-refractivity contribution in [3.63, 3.8) is 0 Å². The van der Waals surface area contributed by atoms with Gasteiger partial charge in [-0.2, -0.15) is 18.4 Å². The van der Waals surface area contributed by atoms with E-state index in [0.29, 0.717) is 18.0 Å². The number of hydrogen-bond acceptors (Lipinski definition) is 7. The standard InChI is InChI=1S/C25H30F3N5O3S/c1-3-33-23(35)21(37-24(33)20(14-29)22(34)31-16-25(26,27)28)15-30-18-5-4-6-19(13-18)36-12-11-32-9-7-17(2)8-10-32/h4-6,13,15,17,30H,3,7-12,16H2,1-2H3,(H,31,34). The van der Waals surface area contributed by atoms with Crippen LogP contribution in [-0.2, 0) is 11.3 Å². The van der Waals surface area contributed by atoms with Crippen LogP contribution in [0.1, 0.15) is 26.7 Å². The molecular formula is C25H30F3N5O3S. The molecule has 37 heavy (non-hydrogen) atoms. The zero-order chi connectivity index (χ0) is 27.0. The highest BCUT2D eigenvalue weighted by Crippen LogP contribution is 2.19. The molecule has 2 heterocycles. The largest absolute Gasteiger partial charge is 0.492 e. The van der Waals surface area contributed by atoms with Gasteiger partial charge < -0.3 is 15.4 Å². The summed E-state index contributed by atoms with van der Waals surface area (Å²) < 4.78 is 44.7. The van der Waals surface area contributed by atoms with Crippen LogP contribution in [0, 0.1) is 17.2 Å². The van der Waals surface area contributed by atoms with Crippen LogP contribution in [0.15, 0.2) is 29.1 Å². The van der Waals surface area contributed by atoms with Gasteiger partial charge >= 0.3 is 6.18 Å². The van der Waals surface area contributed by atoms with E-state index in [-0.39, 0.29) is 15.7 Å². The number of nitrogens with zero attached hydrogens (tertiary/aromatic N) is 3. The quantitative estimate of drug-likeness (QED) is 0.509. The molecule has 0 unspecified atom stereocenters. The minimum absolute atomic E-state index is 0.00749. The van der Waals surface area contributed by atoms with Gasteiger partial charge in [-0.15, -0.1) is 11.3 Å². The van der Waals surface area contributed by atoms with Crippen molar-refractivity contribution in [2.45, 2.75) is 39.4 Å². The molecule has 0 atom stereocenters. The summed E-state index contributed by atoms with van der Waals surface area (Å²) in [6.07, 6.45) is -0.779. The number of hydrogen-bond donors (Lipinski definition) is 2. The number of nitriles is 1. The molecule has 0 radical (unpaired) electrons. The summed E-state index contributed by atoms with van der Waals surface area (Å²) >= 11 is 0.852. The summed E-state index contributed by atoms with van der Waals surface area (Å²) in [5.74, 6) is 0.253. The summed E-state index contributed by atoms with van der Waals surface area (Å²) in [5, 5.41) is 14.1. The molecule has 1 amide bonds. The van der Waals surface area contributed by atoms with Gasteiger partial charge in [0.2, 0.25) is 0 Å². The summed E-state index contributed by atoms with van der Waals surface area (Å²) in [7, 11) is 0. The van der Waals surface area contributed by atoms with E-state index in [9.17, 15) is 28.0 Å². The third-order valence-corrected chi connectivity index (χ3v) is 7.11. The van der Waals surface area contributed by atoms with Gasteiger partial charge in [-0.1, -0.05) is 13.0 Å². The smallest absolute Gasteiger partial charge is 0.405 e. The summed E-state index contributed by atoms with van der Waals surface area (Å²) in [4.78, 5) is 27.4. The molecule has 1 aliphatic heterocycles. The third kappa shape index (κ3) is 8.10. The second kappa shape index (κ2) is 12.8. The monoisotopic (exact) mass is 537 g/mol. The van der Waals surface area contributed by atoms with E-state index in [4.69, 9.17) is 4.74 Å². The Kier molecular flexibility index (Phi) is 9.77. The number of likely N-dealkylation sites (tertiary alicyclic amines) is 1. The van der Waals surface area contributed by atoms with E-state index in [1.54, 1.807) is 30.4 Å². The number of benzene rings is 1. The number of thiazole rings is 1. The number of anilines is 1. The Hall–Kier alpha value is -3.30. The highest BCUT2D eigenvalue weighted by atomic mass is 32.1. The number of ether oxygens (including phenoxy) is 1. The minimum atomic E-state index is -4.62. The molecule has 12 heteroatoms. The lowest BCUT2D eigenvalue weighted by molar-refractivity contribution is -0.135. The van der Waals surface area contributed by atoms with Crippen LogP contribution in [0.3, 0.4) is 0 Å². The number of nitrogens with one attached hydrogen (secondary N) is 2. The molecule has 1 fully saturated rings. The molecule has 1 aromatic heterocycles. The zero-order valence-electron chi connectivity index (χ0n) is 20.7. The average molecular weight is 538 g/mol. The number of piperidine rings is 1. The van der Waals surface area contributed by atoms with Gasteiger partial charge in [0.1, 0.15) is 34.2 Å². The number of halogens is 3. The molecule has 200 valence electrons. The Balaban J connectivity index is 1.74. The van der Waals surface area contributed by atoms with Crippen LogP contribution < -0.4 is 30.1 Å². The van der Waals surface area contributed by atoms with Crippen molar-refractivity contribution in [2.75, 3.05) is 38.1 Å². The first-order valence-corrected chi connectivity index (χ1v) is 12.8. The summed E-state index contributed by atoms with van der Waals surface area (Å²) in [6, 6.07) is 8.86. The van der Waals surface area contributed by atoms with Crippen LogP contribution in [0.25, 0.3) is 11.8 Å². The topological polar surface area (TPSA) is 99.4 Å². The number of carbonyl (C=O) groups is 1. The first-order chi connectivity index (χ1) is 17.6.